The average Bonchev–Trinajstić information content (AvgIpc) is 3.60. The van der Waals surface area contributed by atoms with Gasteiger partial charge in [0, 0.05) is 34.8 Å². The summed E-state index contributed by atoms with van der Waals surface area (Å²) in [5.74, 6) is 0.885. The van der Waals surface area contributed by atoms with Crippen LogP contribution in [-0.2, 0) is 10.8 Å². The van der Waals surface area contributed by atoms with E-state index in [1.54, 1.807) is 0 Å². The number of aromatic hydroxyl groups is 1. The van der Waals surface area contributed by atoms with Crippen molar-refractivity contribution in [3.8, 4) is 67.5 Å². The number of para-hydroxylation sites is 1. The van der Waals surface area contributed by atoms with Crippen LogP contribution in [0.5, 0.6) is 5.75 Å². The lowest BCUT2D eigenvalue weighted by molar-refractivity contribution is 0.446. The first kappa shape index (κ1) is 38.7. The molecule has 0 radical (unpaired) electrons. The zero-order chi connectivity index (χ0) is 41.0. The zero-order valence-electron chi connectivity index (χ0n) is 35.1. The molecule has 0 fully saturated rings. The highest BCUT2D eigenvalue weighted by atomic mass is 28.3. The molecule has 5 nitrogen and oxygen atoms in total. The lowest BCUT2D eigenvalue weighted by Gasteiger charge is -2.27. The van der Waals surface area contributed by atoms with Crippen LogP contribution in [0.1, 0.15) is 52.7 Å². The van der Waals surface area contributed by atoms with E-state index < -0.39 is 8.07 Å². The van der Waals surface area contributed by atoms with Crippen LogP contribution in [0.3, 0.4) is 0 Å². The van der Waals surface area contributed by atoms with E-state index in [1.807, 2.05) is 24.4 Å². The minimum absolute atomic E-state index is 0.161. The number of phenols is 1. The van der Waals surface area contributed by atoms with E-state index in [4.69, 9.17) is 15.0 Å². The van der Waals surface area contributed by atoms with Crippen molar-refractivity contribution in [1.29, 1.82) is 0 Å². The topological polar surface area (TPSA) is 63.8 Å². The SMILES string of the molecule is CC(C)(C)c1cc(-c2nc3c(-c4cc(-c5ccccc5)cc(-c5cc(-c6ccccc6)c([Si](C)(C)C)cn5)c4)ccnc3n2-c2ccccc2)c(O)c(C(C)(C)C)c1. The number of hydrogen-bond donors (Lipinski definition) is 1. The highest BCUT2D eigenvalue weighted by molar-refractivity contribution is 6.89. The summed E-state index contributed by atoms with van der Waals surface area (Å²) in [6.07, 6.45) is 3.99. The molecule has 3 aromatic heterocycles. The van der Waals surface area contributed by atoms with Crippen LogP contribution in [0.4, 0.5) is 0 Å². The van der Waals surface area contributed by atoms with E-state index in [2.05, 4.69) is 187 Å². The van der Waals surface area contributed by atoms with Gasteiger partial charge in [-0.15, -0.1) is 0 Å². The Labute approximate surface area is 344 Å². The molecule has 5 aromatic carbocycles. The van der Waals surface area contributed by atoms with Crippen molar-refractivity contribution in [1.82, 2.24) is 19.5 Å². The van der Waals surface area contributed by atoms with Crippen LogP contribution in [0.25, 0.3) is 72.9 Å². The van der Waals surface area contributed by atoms with Gasteiger partial charge in [-0.25, -0.2) is 9.97 Å². The lowest BCUT2D eigenvalue weighted by Crippen LogP contribution is -2.39. The zero-order valence-corrected chi connectivity index (χ0v) is 36.1. The van der Waals surface area contributed by atoms with Gasteiger partial charge in [-0.1, -0.05) is 146 Å². The summed E-state index contributed by atoms with van der Waals surface area (Å²) in [4.78, 5) is 15.7. The number of fused-ring (bicyclic) bond motifs is 1. The molecule has 0 amide bonds. The molecule has 0 aliphatic rings. The van der Waals surface area contributed by atoms with E-state index in [0.717, 1.165) is 55.8 Å². The van der Waals surface area contributed by atoms with Gasteiger partial charge in [-0.3, -0.25) is 9.55 Å². The van der Waals surface area contributed by atoms with Crippen molar-refractivity contribution >= 4 is 24.4 Å². The van der Waals surface area contributed by atoms with Gasteiger partial charge in [-0.2, -0.15) is 0 Å². The molecular formula is C52H52N4OSi. The number of phenolic OH excluding ortho intramolecular Hbond substituents is 1. The van der Waals surface area contributed by atoms with Gasteiger partial charge in [0.15, 0.2) is 11.5 Å². The summed E-state index contributed by atoms with van der Waals surface area (Å²) < 4.78 is 2.09. The molecule has 0 saturated carbocycles. The summed E-state index contributed by atoms with van der Waals surface area (Å²) in [5.41, 5.74) is 13.2. The fraction of sp³-hybridized carbons (Fsp3) is 0.212. The normalized spacial score (nSPS) is 12.3. The standard InChI is InChI=1S/C52H52N4OSi/c1-51(2,3)39-30-43(48(57)44(31-39)52(4,5)6)49-55-47-41(25-26-53-50(47)56(49)40-23-17-12-18-24-40)37-27-36(34-19-13-10-14-20-34)28-38(29-37)45-32-42(35-21-15-11-16-22-35)46(33-54-45)58(7,8)9/h10-33,57H,1-9H3. The molecule has 6 heteroatoms. The molecule has 8 aromatic rings. The van der Waals surface area contributed by atoms with Gasteiger partial charge < -0.3 is 5.11 Å². The molecule has 0 saturated heterocycles. The minimum atomic E-state index is -1.73. The molecule has 0 atom stereocenters. The van der Waals surface area contributed by atoms with Crippen LogP contribution in [0.15, 0.2) is 146 Å². The van der Waals surface area contributed by atoms with E-state index in [9.17, 15) is 5.11 Å². The maximum atomic E-state index is 12.2. The Morgan fingerprint density at radius 3 is 1.78 bits per heavy atom. The predicted molar refractivity (Wildman–Crippen MR) is 246 cm³/mol. The fourth-order valence-electron chi connectivity index (χ4n) is 7.81. The largest absolute Gasteiger partial charge is 0.507 e. The summed E-state index contributed by atoms with van der Waals surface area (Å²) in [5, 5.41) is 13.5. The Morgan fingerprint density at radius 2 is 1.16 bits per heavy atom. The van der Waals surface area contributed by atoms with Gasteiger partial charge in [-0.05, 0) is 97.9 Å². The predicted octanol–water partition coefficient (Wildman–Crippen LogP) is 13.0. The number of nitrogens with zero attached hydrogens (tertiary/aromatic N) is 4. The highest BCUT2D eigenvalue weighted by Gasteiger charge is 2.29. The number of rotatable bonds is 7. The first-order valence-electron chi connectivity index (χ1n) is 20.2. The molecular weight excluding hydrogens is 725 g/mol. The molecule has 0 aliphatic carbocycles. The molecule has 0 spiro atoms. The van der Waals surface area contributed by atoms with E-state index in [1.165, 1.54) is 16.3 Å². The first-order chi connectivity index (χ1) is 27.6. The Bertz CT molecular complexity index is 2770. The summed E-state index contributed by atoms with van der Waals surface area (Å²) in [6, 6.07) is 46.8. The van der Waals surface area contributed by atoms with Gasteiger partial charge in [0.25, 0.3) is 0 Å². The third-order valence-corrected chi connectivity index (χ3v) is 13.0. The lowest BCUT2D eigenvalue weighted by atomic mass is 9.79. The molecule has 290 valence electrons. The molecule has 0 aliphatic heterocycles. The first-order valence-corrected chi connectivity index (χ1v) is 23.7. The van der Waals surface area contributed by atoms with Crippen LogP contribution in [-0.4, -0.2) is 32.7 Å². The highest BCUT2D eigenvalue weighted by Crippen LogP contribution is 2.44. The van der Waals surface area contributed by atoms with E-state index in [0.29, 0.717) is 17.0 Å². The Morgan fingerprint density at radius 1 is 0.552 bits per heavy atom. The third kappa shape index (κ3) is 7.41. The van der Waals surface area contributed by atoms with Crippen LogP contribution in [0, 0.1) is 0 Å². The van der Waals surface area contributed by atoms with Crippen LogP contribution in [0.2, 0.25) is 19.6 Å². The molecule has 3 heterocycles. The second-order valence-corrected chi connectivity index (χ2v) is 23.5. The van der Waals surface area contributed by atoms with Crippen molar-refractivity contribution in [2.45, 2.75) is 72.0 Å². The average molecular weight is 777 g/mol. The minimum Gasteiger partial charge on any atom is -0.507 e. The van der Waals surface area contributed by atoms with Crippen molar-refractivity contribution in [3.05, 3.63) is 157 Å². The molecule has 0 unspecified atom stereocenters. The molecule has 0 bridgehead atoms. The second-order valence-electron chi connectivity index (χ2n) is 18.5. The summed E-state index contributed by atoms with van der Waals surface area (Å²) >= 11 is 0. The monoisotopic (exact) mass is 776 g/mol. The van der Waals surface area contributed by atoms with E-state index >= 15 is 0 Å². The van der Waals surface area contributed by atoms with E-state index in [-0.39, 0.29) is 16.6 Å². The number of pyridine rings is 2. The van der Waals surface area contributed by atoms with Gasteiger partial charge in [0.1, 0.15) is 11.3 Å². The Balaban J connectivity index is 1.41. The number of hydrogen-bond acceptors (Lipinski definition) is 4. The maximum absolute atomic E-state index is 12.2. The quantitative estimate of drug-likeness (QED) is 0.164. The van der Waals surface area contributed by atoms with Crippen molar-refractivity contribution in [2.75, 3.05) is 0 Å². The smallest absolute Gasteiger partial charge is 0.165 e. The van der Waals surface area contributed by atoms with Gasteiger partial charge in [0.05, 0.1) is 19.3 Å². The maximum Gasteiger partial charge on any atom is 0.165 e. The summed E-state index contributed by atoms with van der Waals surface area (Å²) in [7, 11) is -1.73. The molecule has 8 rings (SSSR count). The van der Waals surface area contributed by atoms with Crippen molar-refractivity contribution in [3.63, 3.8) is 0 Å². The molecule has 58 heavy (non-hydrogen) atoms. The van der Waals surface area contributed by atoms with Crippen molar-refractivity contribution < 1.29 is 5.11 Å². The van der Waals surface area contributed by atoms with Gasteiger partial charge >= 0.3 is 0 Å². The van der Waals surface area contributed by atoms with Crippen molar-refractivity contribution in [2.24, 2.45) is 0 Å². The Hall–Kier alpha value is -6.11. The second kappa shape index (κ2) is 14.7. The van der Waals surface area contributed by atoms with Crippen LogP contribution >= 0.6 is 0 Å². The summed E-state index contributed by atoms with van der Waals surface area (Å²) in [6.45, 7) is 20.2. The Kier molecular flexibility index (Phi) is 9.81. The fourth-order valence-corrected chi connectivity index (χ4v) is 9.29. The number of imidazole rings is 1. The number of aromatic nitrogens is 4. The third-order valence-electron chi connectivity index (χ3n) is 11.0. The number of benzene rings is 5. The van der Waals surface area contributed by atoms with Crippen LogP contribution < -0.4 is 5.19 Å². The van der Waals surface area contributed by atoms with Gasteiger partial charge in [0.2, 0.25) is 0 Å². The molecule has 1 N–H and O–H groups in total.